The molecule has 0 bridgehead atoms. The zero-order valence-corrected chi connectivity index (χ0v) is 12.7. The van der Waals surface area contributed by atoms with Gasteiger partial charge in [-0.25, -0.2) is 0 Å². The van der Waals surface area contributed by atoms with E-state index < -0.39 is 0 Å². The fourth-order valence-electron chi connectivity index (χ4n) is 2.90. The maximum Gasteiger partial charge on any atom is 0.185 e. The van der Waals surface area contributed by atoms with Crippen molar-refractivity contribution in [2.24, 2.45) is 0 Å². The van der Waals surface area contributed by atoms with Gasteiger partial charge in [-0.05, 0) is 30.7 Å². The molecule has 0 unspecified atom stereocenters. The highest BCUT2D eigenvalue weighted by molar-refractivity contribution is 6.31. The molecule has 2 aromatic carbocycles. The maximum absolute atomic E-state index is 6.41. The minimum Gasteiger partial charge on any atom is -0.395 e. The Labute approximate surface area is 132 Å². The van der Waals surface area contributed by atoms with Crippen LogP contribution in [0.15, 0.2) is 48.5 Å². The number of nitrogens with two attached hydrogens (primary N) is 1. The third-order valence-corrected chi connectivity index (χ3v) is 4.10. The summed E-state index contributed by atoms with van der Waals surface area (Å²) >= 11 is 6.21. The van der Waals surface area contributed by atoms with Gasteiger partial charge in [-0.2, -0.15) is 0 Å². The maximum atomic E-state index is 6.41. The summed E-state index contributed by atoms with van der Waals surface area (Å²) in [6.07, 6.45) is 0. The van der Waals surface area contributed by atoms with E-state index in [1.165, 1.54) is 0 Å². The third-order valence-electron chi connectivity index (χ3n) is 3.87. The van der Waals surface area contributed by atoms with Gasteiger partial charge in [0, 0.05) is 16.0 Å². The normalized spacial score (nSPS) is 11.4. The molecular weight excluding hydrogens is 296 g/mol. The second kappa shape index (κ2) is 4.71. The summed E-state index contributed by atoms with van der Waals surface area (Å²) in [5, 5.41) is 10.1. The van der Waals surface area contributed by atoms with Gasteiger partial charge in [0.15, 0.2) is 5.65 Å². The summed E-state index contributed by atoms with van der Waals surface area (Å²) in [5.41, 5.74) is 10.7. The van der Waals surface area contributed by atoms with Crippen LogP contribution in [-0.4, -0.2) is 14.6 Å². The van der Waals surface area contributed by atoms with E-state index in [-0.39, 0.29) is 0 Å². The molecule has 0 saturated carbocycles. The van der Waals surface area contributed by atoms with Gasteiger partial charge in [-0.1, -0.05) is 41.9 Å². The topological polar surface area (TPSA) is 56.2 Å². The SMILES string of the molecule is Cc1nnc2c(N)c(-c3ccccc3)c3cc(Cl)ccc3n12. The van der Waals surface area contributed by atoms with E-state index in [0.717, 1.165) is 27.9 Å². The van der Waals surface area contributed by atoms with Gasteiger partial charge in [0.25, 0.3) is 0 Å². The van der Waals surface area contributed by atoms with Gasteiger partial charge >= 0.3 is 0 Å². The molecule has 5 heteroatoms. The van der Waals surface area contributed by atoms with E-state index in [0.29, 0.717) is 16.4 Å². The van der Waals surface area contributed by atoms with Crippen molar-refractivity contribution in [2.75, 3.05) is 5.73 Å². The molecule has 0 aliphatic heterocycles. The van der Waals surface area contributed by atoms with E-state index in [1.807, 2.05) is 59.9 Å². The Morgan fingerprint density at radius 1 is 1.05 bits per heavy atom. The number of anilines is 1. The Morgan fingerprint density at radius 2 is 1.82 bits per heavy atom. The molecule has 0 fully saturated rings. The number of nitrogens with zero attached hydrogens (tertiary/aromatic N) is 3. The second-order valence-electron chi connectivity index (χ2n) is 5.22. The van der Waals surface area contributed by atoms with Gasteiger partial charge in [0.1, 0.15) is 5.82 Å². The van der Waals surface area contributed by atoms with Crippen molar-refractivity contribution in [1.82, 2.24) is 14.6 Å². The van der Waals surface area contributed by atoms with Gasteiger partial charge in [-0.3, -0.25) is 4.40 Å². The van der Waals surface area contributed by atoms with Crippen LogP contribution in [0.1, 0.15) is 5.82 Å². The summed E-state index contributed by atoms with van der Waals surface area (Å²) in [7, 11) is 0. The van der Waals surface area contributed by atoms with Crippen molar-refractivity contribution in [3.05, 3.63) is 59.4 Å². The zero-order chi connectivity index (χ0) is 15.3. The van der Waals surface area contributed by atoms with Gasteiger partial charge in [-0.15, -0.1) is 10.2 Å². The Morgan fingerprint density at radius 3 is 2.59 bits per heavy atom. The van der Waals surface area contributed by atoms with Crippen molar-refractivity contribution in [1.29, 1.82) is 0 Å². The van der Waals surface area contributed by atoms with E-state index in [2.05, 4.69) is 10.2 Å². The van der Waals surface area contributed by atoms with Crippen molar-refractivity contribution in [2.45, 2.75) is 6.92 Å². The summed E-state index contributed by atoms with van der Waals surface area (Å²) < 4.78 is 1.97. The predicted molar refractivity (Wildman–Crippen MR) is 90.1 cm³/mol. The van der Waals surface area contributed by atoms with Gasteiger partial charge in [0.05, 0.1) is 11.2 Å². The molecule has 22 heavy (non-hydrogen) atoms. The molecule has 2 aromatic heterocycles. The number of nitrogen functional groups attached to an aromatic ring is 1. The number of aromatic nitrogens is 3. The number of hydrogen-bond acceptors (Lipinski definition) is 3. The molecule has 0 saturated heterocycles. The largest absolute Gasteiger partial charge is 0.395 e. The summed E-state index contributed by atoms with van der Waals surface area (Å²) in [4.78, 5) is 0. The van der Waals surface area contributed by atoms with E-state index in [1.54, 1.807) is 0 Å². The summed E-state index contributed by atoms with van der Waals surface area (Å²) in [6, 6.07) is 15.8. The van der Waals surface area contributed by atoms with Crippen molar-refractivity contribution in [3.63, 3.8) is 0 Å². The first kappa shape index (κ1) is 13.1. The van der Waals surface area contributed by atoms with Crippen molar-refractivity contribution >= 4 is 33.8 Å². The molecule has 4 nitrogen and oxygen atoms in total. The molecule has 2 heterocycles. The quantitative estimate of drug-likeness (QED) is 0.576. The van der Waals surface area contributed by atoms with Crippen LogP contribution >= 0.6 is 11.6 Å². The predicted octanol–water partition coefficient (Wildman–Crippen LogP) is 4.09. The Bertz CT molecular complexity index is 1010. The number of benzene rings is 2. The molecule has 4 rings (SSSR count). The van der Waals surface area contributed by atoms with E-state index in [4.69, 9.17) is 17.3 Å². The monoisotopic (exact) mass is 308 g/mol. The van der Waals surface area contributed by atoms with E-state index >= 15 is 0 Å². The zero-order valence-electron chi connectivity index (χ0n) is 11.9. The Kier molecular flexibility index (Phi) is 2.81. The number of aryl methyl sites for hydroxylation is 1. The standard InChI is InChI=1S/C17H13ClN4/c1-10-20-21-17-16(19)15(11-5-3-2-4-6-11)13-9-12(18)7-8-14(13)22(10)17/h2-9H,19H2,1H3. The lowest BCUT2D eigenvalue weighted by Crippen LogP contribution is -2.00. The van der Waals surface area contributed by atoms with Gasteiger partial charge in [0.2, 0.25) is 0 Å². The molecule has 0 atom stereocenters. The Balaban J connectivity index is 2.27. The highest BCUT2D eigenvalue weighted by Crippen LogP contribution is 2.37. The van der Waals surface area contributed by atoms with Crippen LogP contribution in [0.4, 0.5) is 5.69 Å². The van der Waals surface area contributed by atoms with Crippen LogP contribution in [0.3, 0.4) is 0 Å². The first-order valence-corrected chi connectivity index (χ1v) is 7.32. The average molecular weight is 309 g/mol. The lowest BCUT2D eigenvalue weighted by atomic mass is 9.99. The molecule has 2 N–H and O–H groups in total. The molecule has 0 radical (unpaired) electrons. The van der Waals surface area contributed by atoms with Crippen LogP contribution in [0.25, 0.3) is 27.7 Å². The third kappa shape index (κ3) is 1.77. The first-order valence-electron chi connectivity index (χ1n) is 6.94. The van der Waals surface area contributed by atoms with Crippen LogP contribution in [0.2, 0.25) is 5.02 Å². The van der Waals surface area contributed by atoms with Crippen molar-refractivity contribution < 1.29 is 0 Å². The number of pyridine rings is 1. The summed E-state index contributed by atoms with van der Waals surface area (Å²) in [6.45, 7) is 1.91. The fraction of sp³-hybridized carbons (Fsp3) is 0.0588. The molecule has 0 aliphatic rings. The number of fused-ring (bicyclic) bond motifs is 3. The molecule has 4 aromatic rings. The van der Waals surface area contributed by atoms with Crippen LogP contribution < -0.4 is 5.73 Å². The molecular formula is C17H13ClN4. The second-order valence-corrected chi connectivity index (χ2v) is 5.66. The number of rotatable bonds is 1. The molecule has 0 aliphatic carbocycles. The highest BCUT2D eigenvalue weighted by atomic mass is 35.5. The van der Waals surface area contributed by atoms with Crippen LogP contribution in [0, 0.1) is 6.92 Å². The minimum absolute atomic E-state index is 0.613. The minimum atomic E-state index is 0.613. The highest BCUT2D eigenvalue weighted by Gasteiger charge is 2.17. The lowest BCUT2D eigenvalue weighted by molar-refractivity contribution is 1.02. The van der Waals surface area contributed by atoms with Crippen LogP contribution in [0.5, 0.6) is 0 Å². The average Bonchev–Trinajstić information content (AvgIpc) is 2.91. The molecule has 108 valence electrons. The molecule has 0 spiro atoms. The van der Waals surface area contributed by atoms with E-state index in [9.17, 15) is 0 Å². The van der Waals surface area contributed by atoms with Gasteiger partial charge < -0.3 is 5.73 Å². The lowest BCUT2D eigenvalue weighted by Gasteiger charge is -2.13. The Hall–Kier alpha value is -2.59. The van der Waals surface area contributed by atoms with Crippen molar-refractivity contribution in [3.8, 4) is 11.1 Å². The number of halogens is 1. The number of hydrogen-bond donors (Lipinski definition) is 1. The smallest absolute Gasteiger partial charge is 0.185 e. The molecule has 0 amide bonds. The summed E-state index contributed by atoms with van der Waals surface area (Å²) in [5.74, 6) is 0.800. The fourth-order valence-corrected chi connectivity index (χ4v) is 3.07. The first-order chi connectivity index (χ1) is 10.7. The van der Waals surface area contributed by atoms with Crippen LogP contribution in [-0.2, 0) is 0 Å².